The van der Waals surface area contributed by atoms with E-state index >= 15 is 0 Å². The van der Waals surface area contributed by atoms with Crippen LogP contribution < -0.4 is 10.9 Å². The lowest BCUT2D eigenvalue weighted by Crippen LogP contribution is -2.33. The van der Waals surface area contributed by atoms with E-state index in [-0.39, 0.29) is 17.4 Å². The molecule has 1 aliphatic rings. The fourth-order valence-corrected chi connectivity index (χ4v) is 2.36. The van der Waals surface area contributed by atoms with Crippen molar-refractivity contribution in [1.29, 1.82) is 0 Å². The van der Waals surface area contributed by atoms with Gasteiger partial charge in [0.05, 0.1) is 12.6 Å². The number of aromatic nitrogens is 1. The first kappa shape index (κ1) is 16.5. The predicted octanol–water partition coefficient (Wildman–Crippen LogP) is 2.76. The standard InChI is InChI=1S/C16H24N2O4/c1-16(2,3)22-15(20)17-13-8-6-9-18(14(13)19)11-12-7-4-5-10-21-12/h6,8-9,12H,4-5,7,10-11H2,1-3H3,(H,17,20). The van der Waals surface area contributed by atoms with E-state index in [1.54, 1.807) is 43.7 Å². The van der Waals surface area contributed by atoms with Crippen LogP contribution in [-0.4, -0.2) is 29.0 Å². The molecule has 1 atom stereocenters. The molecule has 6 heteroatoms. The molecule has 1 saturated heterocycles. The van der Waals surface area contributed by atoms with Gasteiger partial charge in [0.1, 0.15) is 11.3 Å². The van der Waals surface area contributed by atoms with Crippen LogP contribution in [0.25, 0.3) is 0 Å². The van der Waals surface area contributed by atoms with Crippen molar-refractivity contribution in [2.75, 3.05) is 11.9 Å². The van der Waals surface area contributed by atoms with E-state index in [9.17, 15) is 9.59 Å². The average molecular weight is 308 g/mol. The molecule has 1 aromatic heterocycles. The first-order chi connectivity index (χ1) is 10.3. The highest BCUT2D eigenvalue weighted by molar-refractivity contribution is 5.84. The van der Waals surface area contributed by atoms with Crippen LogP contribution >= 0.6 is 0 Å². The average Bonchev–Trinajstić information content (AvgIpc) is 2.42. The number of rotatable bonds is 3. The van der Waals surface area contributed by atoms with Crippen LogP contribution in [-0.2, 0) is 16.0 Å². The Balaban J connectivity index is 2.05. The molecule has 0 radical (unpaired) electrons. The zero-order valence-corrected chi connectivity index (χ0v) is 13.4. The summed E-state index contributed by atoms with van der Waals surface area (Å²) in [5, 5.41) is 2.51. The maximum Gasteiger partial charge on any atom is 0.412 e. The van der Waals surface area contributed by atoms with E-state index in [0.29, 0.717) is 6.54 Å². The van der Waals surface area contributed by atoms with Crippen molar-refractivity contribution in [3.63, 3.8) is 0 Å². The summed E-state index contributed by atoms with van der Waals surface area (Å²) in [5.74, 6) is 0. The maximum absolute atomic E-state index is 12.4. The van der Waals surface area contributed by atoms with Gasteiger partial charge in [-0.15, -0.1) is 0 Å². The molecule has 0 spiro atoms. The van der Waals surface area contributed by atoms with E-state index in [4.69, 9.17) is 9.47 Å². The lowest BCUT2D eigenvalue weighted by molar-refractivity contribution is 0.00546. The van der Waals surface area contributed by atoms with E-state index in [1.807, 2.05) is 0 Å². The van der Waals surface area contributed by atoms with Gasteiger partial charge in [0, 0.05) is 12.8 Å². The zero-order chi connectivity index (χ0) is 16.2. The van der Waals surface area contributed by atoms with Crippen LogP contribution in [0.5, 0.6) is 0 Å². The minimum absolute atomic E-state index is 0.0585. The van der Waals surface area contributed by atoms with Crippen molar-refractivity contribution in [2.24, 2.45) is 0 Å². The van der Waals surface area contributed by atoms with Crippen LogP contribution in [0, 0.1) is 0 Å². The van der Waals surface area contributed by atoms with Gasteiger partial charge in [0.15, 0.2) is 0 Å². The number of hydrogen-bond donors (Lipinski definition) is 1. The first-order valence-corrected chi connectivity index (χ1v) is 7.66. The predicted molar refractivity (Wildman–Crippen MR) is 84.1 cm³/mol. The molecule has 2 heterocycles. The maximum atomic E-state index is 12.4. The van der Waals surface area contributed by atoms with E-state index < -0.39 is 11.7 Å². The second-order valence-corrected chi connectivity index (χ2v) is 6.49. The molecule has 122 valence electrons. The van der Waals surface area contributed by atoms with Crippen LogP contribution in [0.15, 0.2) is 23.1 Å². The highest BCUT2D eigenvalue weighted by atomic mass is 16.6. The summed E-state index contributed by atoms with van der Waals surface area (Å²) >= 11 is 0. The molecule has 22 heavy (non-hydrogen) atoms. The molecule has 0 aromatic carbocycles. The molecule has 0 saturated carbocycles. The van der Waals surface area contributed by atoms with Crippen molar-refractivity contribution >= 4 is 11.8 Å². The normalized spacial score (nSPS) is 18.8. The lowest BCUT2D eigenvalue weighted by Gasteiger charge is -2.23. The van der Waals surface area contributed by atoms with E-state index in [2.05, 4.69) is 5.32 Å². The quantitative estimate of drug-likeness (QED) is 0.932. The van der Waals surface area contributed by atoms with Gasteiger partial charge in [-0.3, -0.25) is 10.1 Å². The van der Waals surface area contributed by atoms with Crippen LogP contribution in [0.4, 0.5) is 10.5 Å². The van der Waals surface area contributed by atoms with Crippen LogP contribution in [0.2, 0.25) is 0 Å². The smallest absolute Gasteiger partial charge is 0.412 e. The number of anilines is 1. The first-order valence-electron chi connectivity index (χ1n) is 7.66. The number of amides is 1. The summed E-state index contributed by atoms with van der Waals surface area (Å²) < 4.78 is 12.4. The Hall–Kier alpha value is -1.82. The molecule has 1 aromatic rings. The van der Waals surface area contributed by atoms with Crippen LogP contribution in [0.1, 0.15) is 40.0 Å². The SMILES string of the molecule is CC(C)(C)OC(=O)Nc1cccn(CC2CCCCO2)c1=O. The number of carbonyl (C=O) groups is 1. The summed E-state index contributed by atoms with van der Waals surface area (Å²) in [7, 11) is 0. The number of hydrogen-bond acceptors (Lipinski definition) is 4. The van der Waals surface area contributed by atoms with Gasteiger partial charge in [-0.2, -0.15) is 0 Å². The number of nitrogens with zero attached hydrogens (tertiary/aromatic N) is 1. The monoisotopic (exact) mass is 308 g/mol. The lowest BCUT2D eigenvalue weighted by atomic mass is 10.1. The summed E-state index contributed by atoms with van der Waals surface area (Å²) in [4.78, 5) is 24.2. The Labute approximate surface area is 130 Å². The van der Waals surface area contributed by atoms with Crippen molar-refractivity contribution in [3.05, 3.63) is 28.7 Å². The minimum atomic E-state index is -0.628. The fourth-order valence-electron chi connectivity index (χ4n) is 2.36. The topological polar surface area (TPSA) is 69.6 Å². The molecule has 1 unspecified atom stereocenters. The highest BCUT2D eigenvalue weighted by Gasteiger charge is 2.19. The minimum Gasteiger partial charge on any atom is -0.444 e. The molecule has 2 rings (SSSR count). The molecule has 1 fully saturated rings. The van der Waals surface area contributed by atoms with Gasteiger partial charge in [-0.1, -0.05) is 0 Å². The van der Waals surface area contributed by atoms with Gasteiger partial charge < -0.3 is 14.0 Å². The Morgan fingerprint density at radius 2 is 2.23 bits per heavy atom. The third-order valence-corrected chi connectivity index (χ3v) is 3.33. The van der Waals surface area contributed by atoms with Gasteiger partial charge in [0.2, 0.25) is 0 Å². The number of pyridine rings is 1. The third-order valence-electron chi connectivity index (χ3n) is 3.33. The second-order valence-electron chi connectivity index (χ2n) is 6.49. The van der Waals surface area contributed by atoms with Crippen molar-refractivity contribution in [1.82, 2.24) is 4.57 Å². The molecule has 1 N–H and O–H groups in total. The summed E-state index contributed by atoms with van der Waals surface area (Å²) in [6, 6.07) is 3.31. The molecule has 0 aliphatic carbocycles. The van der Waals surface area contributed by atoms with Gasteiger partial charge in [0.25, 0.3) is 5.56 Å². The molecule has 0 bridgehead atoms. The van der Waals surface area contributed by atoms with Gasteiger partial charge >= 0.3 is 6.09 Å². The second kappa shape index (κ2) is 6.96. The number of ether oxygens (including phenoxy) is 2. The zero-order valence-electron chi connectivity index (χ0n) is 13.4. The Kier molecular flexibility index (Phi) is 5.24. The number of carbonyl (C=O) groups excluding carboxylic acids is 1. The van der Waals surface area contributed by atoms with Crippen LogP contribution in [0.3, 0.4) is 0 Å². The summed E-state index contributed by atoms with van der Waals surface area (Å²) in [5.41, 5.74) is -0.636. The number of nitrogens with one attached hydrogen (secondary N) is 1. The van der Waals surface area contributed by atoms with Gasteiger partial charge in [-0.05, 0) is 52.2 Å². The van der Waals surface area contributed by atoms with E-state index in [1.165, 1.54) is 0 Å². The fraction of sp³-hybridized carbons (Fsp3) is 0.625. The third kappa shape index (κ3) is 4.87. The molecule has 6 nitrogen and oxygen atoms in total. The summed E-state index contributed by atoms with van der Waals surface area (Å²) in [6.45, 7) is 6.57. The molecule has 1 aliphatic heterocycles. The van der Waals surface area contributed by atoms with Crippen molar-refractivity contribution in [2.45, 2.75) is 58.3 Å². The molecular formula is C16H24N2O4. The van der Waals surface area contributed by atoms with Gasteiger partial charge in [-0.25, -0.2) is 4.79 Å². The van der Waals surface area contributed by atoms with Crippen molar-refractivity contribution < 1.29 is 14.3 Å². The largest absolute Gasteiger partial charge is 0.444 e. The molecule has 1 amide bonds. The Morgan fingerprint density at radius 3 is 2.86 bits per heavy atom. The highest BCUT2D eigenvalue weighted by Crippen LogP contribution is 2.14. The summed E-state index contributed by atoms with van der Waals surface area (Å²) in [6.07, 6.45) is 4.29. The van der Waals surface area contributed by atoms with Crippen molar-refractivity contribution in [3.8, 4) is 0 Å². The Bertz CT molecular complexity index is 568. The Morgan fingerprint density at radius 1 is 1.45 bits per heavy atom. The molecular weight excluding hydrogens is 284 g/mol. The van der Waals surface area contributed by atoms with E-state index in [0.717, 1.165) is 25.9 Å².